The van der Waals surface area contributed by atoms with Crippen LogP contribution in [0.5, 0.6) is 11.9 Å². The largest absolute Gasteiger partial charge is 0.471 e. The summed E-state index contributed by atoms with van der Waals surface area (Å²) in [6, 6.07) is 1.72. The fourth-order valence-electron chi connectivity index (χ4n) is 7.30. The molecule has 0 bridgehead atoms. The van der Waals surface area contributed by atoms with Crippen molar-refractivity contribution in [1.29, 1.82) is 0 Å². The van der Waals surface area contributed by atoms with Gasteiger partial charge in [-0.1, -0.05) is 17.9 Å². The first-order valence-electron chi connectivity index (χ1n) is 15.4. The molecule has 48 heavy (non-hydrogen) atoms. The number of nitrogens with zero attached hydrogens (tertiary/aromatic N) is 5. The first-order valence-corrected chi connectivity index (χ1v) is 16.2. The van der Waals surface area contributed by atoms with E-state index in [1.807, 2.05) is 4.90 Å². The van der Waals surface area contributed by atoms with Crippen LogP contribution in [0.25, 0.3) is 32.2 Å². The number of benzene rings is 2. The van der Waals surface area contributed by atoms with E-state index >= 15 is 4.39 Å². The van der Waals surface area contributed by atoms with Crippen molar-refractivity contribution in [3.05, 3.63) is 48.1 Å². The van der Waals surface area contributed by atoms with Gasteiger partial charge in [0.05, 0.1) is 32.7 Å². The number of nitrogens with two attached hydrogens (primary N) is 1. The molecule has 3 saturated heterocycles. The van der Waals surface area contributed by atoms with E-state index in [2.05, 4.69) is 21.5 Å². The number of amides is 1. The number of halogens is 6. The number of carbonyl (C=O) groups is 1. The van der Waals surface area contributed by atoms with Crippen LogP contribution in [0.15, 0.2) is 30.9 Å². The molecule has 0 aliphatic carbocycles. The second-order valence-electron chi connectivity index (χ2n) is 12.4. The van der Waals surface area contributed by atoms with E-state index in [0.717, 1.165) is 36.0 Å². The molecule has 2 aromatic heterocycles. The van der Waals surface area contributed by atoms with Crippen LogP contribution in [0.3, 0.4) is 0 Å². The molecule has 3 aliphatic rings. The lowest BCUT2D eigenvalue weighted by atomic mass is 9.95. The van der Waals surface area contributed by atoms with Gasteiger partial charge in [-0.15, -0.1) is 0 Å². The average molecular weight is 693 g/mol. The van der Waals surface area contributed by atoms with Gasteiger partial charge in [-0.2, -0.15) is 23.1 Å². The Morgan fingerprint density at radius 3 is 2.75 bits per heavy atom. The van der Waals surface area contributed by atoms with E-state index in [9.17, 15) is 26.7 Å². The molecule has 3 fully saturated rings. The highest BCUT2D eigenvalue weighted by molar-refractivity contribution is 7.22. The molecular formula is C32H30F6N6O3S. The van der Waals surface area contributed by atoms with E-state index < -0.39 is 63.7 Å². The van der Waals surface area contributed by atoms with Crippen molar-refractivity contribution < 1.29 is 40.6 Å². The third kappa shape index (κ3) is 5.38. The summed E-state index contributed by atoms with van der Waals surface area (Å²) in [6.45, 7) is 6.40. The fraction of sp³-hybridized carbons (Fsp3) is 0.438. The summed E-state index contributed by atoms with van der Waals surface area (Å²) >= 11 is 0.720. The standard InChI is InChI=1S/C32H30F6N6O3S/c1-3-22(45)44-10-7-21(15(44)2)47-28-18-11-19(32(36,37)38)23(17-5-6-20(34)27-26(17)40-29(39)48-27)24(35)25(18)41-30(42-28)46-14-31-8-4-9-43(31)13-16(33)12-31/h3,5-6,11,15-16,21H,1,4,7-10,12-14H2,2H3,(H2,39,40)/t15-,16+,21+,31-/m0/s1. The van der Waals surface area contributed by atoms with Gasteiger partial charge in [-0.3, -0.25) is 9.69 Å². The molecule has 0 saturated carbocycles. The van der Waals surface area contributed by atoms with Crippen molar-refractivity contribution >= 4 is 43.5 Å². The second-order valence-corrected chi connectivity index (χ2v) is 13.5. The summed E-state index contributed by atoms with van der Waals surface area (Å²) < 4.78 is 102. The van der Waals surface area contributed by atoms with E-state index in [1.165, 1.54) is 4.90 Å². The number of thiazole rings is 1. The first kappa shape index (κ1) is 32.4. The van der Waals surface area contributed by atoms with Crippen molar-refractivity contribution in [3.8, 4) is 23.0 Å². The number of alkyl halides is 4. The summed E-state index contributed by atoms with van der Waals surface area (Å²) in [6.07, 6.45) is -3.71. The number of carbonyl (C=O) groups excluding carboxylic acids is 1. The Morgan fingerprint density at radius 2 is 2.00 bits per heavy atom. The molecule has 0 radical (unpaired) electrons. The van der Waals surface area contributed by atoms with Crippen molar-refractivity contribution in [1.82, 2.24) is 24.8 Å². The number of likely N-dealkylation sites (tertiary alicyclic amines) is 1. The molecule has 2 N–H and O–H groups in total. The lowest BCUT2D eigenvalue weighted by Gasteiger charge is -2.31. The maximum atomic E-state index is 16.8. The molecule has 1 amide bonds. The summed E-state index contributed by atoms with van der Waals surface area (Å²) in [5.41, 5.74) is 1.73. The summed E-state index contributed by atoms with van der Waals surface area (Å²) in [4.78, 5) is 28.4. The van der Waals surface area contributed by atoms with Crippen LogP contribution in [0.4, 0.5) is 31.5 Å². The van der Waals surface area contributed by atoms with Gasteiger partial charge in [-0.25, -0.2) is 18.2 Å². The predicted octanol–water partition coefficient (Wildman–Crippen LogP) is 6.30. The second kappa shape index (κ2) is 11.8. The fourth-order valence-corrected chi connectivity index (χ4v) is 8.07. The van der Waals surface area contributed by atoms with E-state index in [1.54, 1.807) is 6.92 Å². The van der Waals surface area contributed by atoms with Gasteiger partial charge >= 0.3 is 12.2 Å². The number of anilines is 1. The zero-order valence-electron chi connectivity index (χ0n) is 25.6. The number of hydrogen-bond acceptors (Lipinski definition) is 9. The van der Waals surface area contributed by atoms with E-state index in [0.29, 0.717) is 25.5 Å². The Labute approximate surface area is 274 Å². The Bertz CT molecular complexity index is 1960. The molecule has 2 aromatic carbocycles. The molecule has 7 rings (SSSR count). The topological polar surface area (TPSA) is 107 Å². The Hall–Kier alpha value is -4.18. The molecule has 254 valence electrons. The van der Waals surface area contributed by atoms with Crippen LogP contribution in [-0.4, -0.2) is 80.8 Å². The number of nitrogen functional groups attached to an aromatic ring is 1. The maximum Gasteiger partial charge on any atom is 0.417 e. The van der Waals surface area contributed by atoms with Gasteiger partial charge in [0.2, 0.25) is 11.8 Å². The molecule has 9 nitrogen and oxygen atoms in total. The molecule has 4 aromatic rings. The van der Waals surface area contributed by atoms with Gasteiger partial charge in [0.15, 0.2) is 10.9 Å². The SMILES string of the molecule is C=CC(=O)N1CC[C@@H](Oc2nc(OC[C@@]34CCCN3C[C@H](F)C4)nc3c(F)c(-c4ccc(F)c5sc(N)nc45)c(C(F)(F)F)cc23)[C@@H]1C. The van der Waals surface area contributed by atoms with Crippen molar-refractivity contribution in [2.45, 2.75) is 62.6 Å². The van der Waals surface area contributed by atoms with Crippen LogP contribution >= 0.6 is 11.3 Å². The number of hydrogen-bond donors (Lipinski definition) is 1. The normalized spacial score (nSPS) is 24.5. The Morgan fingerprint density at radius 1 is 1.21 bits per heavy atom. The third-order valence-corrected chi connectivity index (χ3v) is 10.5. The highest BCUT2D eigenvalue weighted by atomic mass is 32.1. The van der Waals surface area contributed by atoms with Crippen molar-refractivity contribution in [2.75, 3.05) is 32.0 Å². The van der Waals surface area contributed by atoms with E-state index in [-0.39, 0.29) is 64.8 Å². The van der Waals surface area contributed by atoms with Gasteiger partial charge in [0.1, 0.15) is 30.2 Å². The number of aromatic nitrogens is 3. The lowest BCUT2D eigenvalue weighted by Crippen LogP contribution is -2.43. The number of rotatable bonds is 7. The molecule has 16 heteroatoms. The lowest BCUT2D eigenvalue weighted by molar-refractivity contribution is -0.137. The zero-order valence-corrected chi connectivity index (χ0v) is 26.4. The van der Waals surface area contributed by atoms with Crippen LogP contribution in [0.2, 0.25) is 0 Å². The number of ether oxygens (including phenoxy) is 2. The molecule has 5 heterocycles. The summed E-state index contributed by atoms with van der Waals surface area (Å²) in [7, 11) is 0. The molecule has 0 unspecified atom stereocenters. The van der Waals surface area contributed by atoms with Crippen molar-refractivity contribution in [2.24, 2.45) is 0 Å². The van der Waals surface area contributed by atoms with E-state index in [4.69, 9.17) is 15.2 Å². The monoisotopic (exact) mass is 692 g/mol. The smallest absolute Gasteiger partial charge is 0.417 e. The van der Waals surface area contributed by atoms with Crippen LogP contribution in [0, 0.1) is 11.6 Å². The minimum atomic E-state index is -5.09. The van der Waals surface area contributed by atoms with Gasteiger partial charge in [0, 0.05) is 37.1 Å². The van der Waals surface area contributed by atoms with Crippen molar-refractivity contribution in [3.63, 3.8) is 0 Å². The first-order chi connectivity index (χ1) is 22.8. The molecular weight excluding hydrogens is 662 g/mol. The molecule has 3 aliphatic heterocycles. The average Bonchev–Trinajstić information content (AvgIpc) is 3.78. The summed E-state index contributed by atoms with van der Waals surface area (Å²) in [5.74, 6) is -2.89. The van der Waals surface area contributed by atoms with Crippen LogP contribution in [0.1, 0.15) is 38.2 Å². The van der Waals surface area contributed by atoms with Gasteiger partial charge in [-0.05, 0) is 50.6 Å². The molecule has 4 atom stereocenters. The van der Waals surface area contributed by atoms with Crippen LogP contribution in [-0.2, 0) is 11.0 Å². The Balaban J connectivity index is 1.39. The summed E-state index contributed by atoms with van der Waals surface area (Å²) in [5, 5.41) is -0.504. The highest BCUT2D eigenvalue weighted by Crippen LogP contribution is 2.46. The highest BCUT2D eigenvalue weighted by Gasteiger charge is 2.49. The zero-order chi connectivity index (χ0) is 34.1. The minimum Gasteiger partial charge on any atom is -0.471 e. The number of fused-ring (bicyclic) bond motifs is 3. The third-order valence-electron chi connectivity index (χ3n) is 9.60. The predicted molar refractivity (Wildman–Crippen MR) is 166 cm³/mol. The molecule has 0 spiro atoms. The van der Waals surface area contributed by atoms with Crippen LogP contribution < -0.4 is 15.2 Å². The Kier molecular flexibility index (Phi) is 7.93. The maximum absolute atomic E-state index is 16.8. The quantitative estimate of drug-likeness (QED) is 0.178. The van der Waals surface area contributed by atoms with Gasteiger partial charge < -0.3 is 20.1 Å². The minimum absolute atomic E-state index is 0.0361. The van der Waals surface area contributed by atoms with Gasteiger partial charge in [0.25, 0.3) is 0 Å².